The summed E-state index contributed by atoms with van der Waals surface area (Å²) in [6.45, 7) is 2.55. The van der Waals surface area contributed by atoms with Crippen LogP contribution in [0.15, 0.2) is 29.0 Å². The van der Waals surface area contributed by atoms with Gasteiger partial charge in [0.2, 0.25) is 0 Å². The van der Waals surface area contributed by atoms with Gasteiger partial charge in [-0.15, -0.1) is 22.7 Å². The van der Waals surface area contributed by atoms with Crippen molar-refractivity contribution < 1.29 is 4.79 Å². The summed E-state index contributed by atoms with van der Waals surface area (Å²) in [7, 11) is 0. The average molecular weight is 342 g/mol. The van der Waals surface area contributed by atoms with Crippen LogP contribution in [0.1, 0.15) is 25.9 Å². The molecular formula is C16H14N4OS2. The highest BCUT2D eigenvalue weighted by molar-refractivity contribution is 7.10. The van der Waals surface area contributed by atoms with Crippen LogP contribution in [0.3, 0.4) is 0 Å². The van der Waals surface area contributed by atoms with E-state index in [-0.39, 0.29) is 6.42 Å². The molecule has 0 radical (unpaired) electrons. The second-order valence-corrected chi connectivity index (χ2v) is 6.99. The molecule has 0 fully saturated rings. The highest BCUT2D eigenvalue weighted by Gasteiger charge is 2.19. The Morgan fingerprint density at radius 3 is 2.96 bits per heavy atom. The standard InChI is InChI=1S/C16H14N4OS2/c1-10-12(16(18)21)7-14(13-9-23-15(19-13)4-5-17)20(10)8-11-3-2-6-22-11/h2-3,6-7,9H,4,8H2,1H3,(H2,18,21). The van der Waals surface area contributed by atoms with Gasteiger partial charge in [-0.1, -0.05) is 6.07 Å². The van der Waals surface area contributed by atoms with Gasteiger partial charge in [0.25, 0.3) is 5.91 Å². The molecule has 0 saturated carbocycles. The van der Waals surface area contributed by atoms with Gasteiger partial charge in [0.15, 0.2) is 0 Å². The predicted octanol–water partition coefficient (Wildman–Crippen LogP) is 3.19. The molecule has 0 aliphatic heterocycles. The monoisotopic (exact) mass is 342 g/mol. The Balaban J connectivity index is 2.08. The normalized spacial score (nSPS) is 10.6. The number of nitrogens with zero attached hydrogens (tertiary/aromatic N) is 3. The van der Waals surface area contributed by atoms with Crippen molar-refractivity contribution in [2.45, 2.75) is 19.9 Å². The van der Waals surface area contributed by atoms with E-state index in [1.807, 2.05) is 23.8 Å². The third-order valence-corrected chi connectivity index (χ3v) is 5.28. The van der Waals surface area contributed by atoms with Gasteiger partial charge in [0.1, 0.15) is 5.01 Å². The minimum atomic E-state index is -0.443. The minimum absolute atomic E-state index is 0.290. The first-order chi connectivity index (χ1) is 11.1. The molecule has 2 N–H and O–H groups in total. The number of amides is 1. The predicted molar refractivity (Wildman–Crippen MR) is 91.5 cm³/mol. The molecule has 0 spiro atoms. The molecule has 3 rings (SSSR count). The summed E-state index contributed by atoms with van der Waals surface area (Å²) < 4.78 is 2.05. The molecule has 0 aliphatic carbocycles. The number of hydrogen-bond acceptors (Lipinski definition) is 5. The maximum absolute atomic E-state index is 11.7. The Kier molecular flexibility index (Phi) is 4.28. The number of thiophene rings is 1. The Morgan fingerprint density at radius 2 is 2.30 bits per heavy atom. The van der Waals surface area contributed by atoms with Crippen LogP contribution in [0.5, 0.6) is 0 Å². The van der Waals surface area contributed by atoms with E-state index in [1.54, 1.807) is 17.4 Å². The van der Waals surface area contributed by atoms with Crippen molar-refractivity contribution in [3.8, 4) is 17.5 Å². The maximum atomic E-state index is 11.7. The number of rotatable bonds is 5. The van der Waals surface area contributed by atoms with Crippen molar-refractivity contribution in [1.82, 2.24) is 9.55 Å². The van der Waals surface area contributed by atoms with Crippen LogP contribution in [0.2, 0.25) is 0 Å². The van der Waals surface area contributed by atoms with Crippen LogP contribution in [-0.4, -0.2) is 15.5 Å². The van der Waals surface area contributed by atoms with E-state index in [1.165, 1.54) is 16.2 Å². The highest BCUT2D eigenvalue weighted by Crippen LogP contribution is 2.29. The number of thiazole rings is 1. The van der Waals surface area contributed by atoms with Crippen molar-refractivity contribution in [2.24, 2.45) is 5.73 Å². The second kappa shape index (κ2) is 6.36. The van der Waals surface area contributed by atoms with Gasteiger partial charge < -0.3 is 10.3 Å². The van der Waals surface area contributed by atoms with Crippen molar-refractivity contribution in [3.63, 3.8) is 0 Å². The minimum Gasteiger partial charge on any atom is -0.366 e. The van der Waals surface area contributed by atoms with Gasteiger partial charge in [0, 0.05) is 16.0 Å². The summed E-state index contributed by atoms with van der Waals surface area (Å²) in [6, 6.07) is 7.95. The highest BCUT2D eigenvalue weighted by atomic mass is 32.1. The van der Waals surface area contributed by atoms with Gasteiger partial charge >= 0.3 is 0 Å². The third kappa shape index (κ3) is 3.04. The van der Waals surface area contributed by atoms with Crippen LogP contribution in [0.4, 0.5) is 0 Å². The van der Waals surface area contributed by atoms with Crippen LogP contribution in [-0.2, 0) is 13.0 Å². The number of aromatic nitrogens is 2. The van der Waals surface area contributed by atoms with Gasteiger partial charge in [0.05, 0.1) is 36.0 Å². The zero-order valence-electron chi connectivity index (χ0n) is 12.4. The fourth-order valence-electron chi connectivity index (χ4n) is 2.45. The number of carbonyl (C=O) groups is 1. The molecule has 3 aromatic rings. The van der Waals surface area contributed by atoms with Gasteiger partial charge in [-0.25, -0.2) is 4.98 Å². The Bertz CT molecular complexity index is 884. The number of primary amides is 1. The van der Waals surface area contributed by atoms with Crippen molar-refractivity contribution in [3.05, 3.63) is 50.1 Å². The topological polar surface area (TPSA) is 84.7 Å². The molecular weight excluding hydrogens is 328 g/mol. The molecule has 0 saturated heterocycles. The van der Waals surface area contributed by atoms with Gasteiger partial charge in [-0.2, -0.15) is 5.26 Å². The summed E-state index contributed by atoms with van der Waals surface area (Å²) in [6.07, 6.45) is 0.290. The lowest BCUT2D eigenvalue weighted by Gasteiger charge is -2.09. The van der Waals surface area contributed by atoms with Crippen molar-refractivity contribution in [1.29, 1.82) is 5.26 Å². The number of nitriles is 1. The zero-order chi connectivity index (χ0) is 16.4. The maximum Gasteiger partial charge on any atom is 0.250 e. The number of hydrogen-bond donors (Lipinski definition) is 1. The molecule has 0 aliphatic rings. The first-order valence-electron chi connectivity index (χ1n) is 6.94. The Hall–Kier alpha value is -2.43. The van der Waals surface area contributed by atoms with E-state index in [4.69, 9.17) is 11.0 Å². The third-order valence-electron chi connectivity index (χ3n) is 3.57. The smallest absolute Gasteiger partial charge is 0.250 e. The van der Waals surface area contributed by atoms with Crippen molar-refractivity contribution >= 4 is 28.6 Å². The first-order valence-corrected chi connectivity index (χ1v) is 8.70. The van der Waals surface area contributed by atoms with Crippen LogP contribution in [0.25, 0.3) is 11.4 Å². The summed E-state index contributed by atoms with van der Waals surface area (Å²) in [5.74, 6) is -0.443. The zero-order valence-corrected chi connectivity index (χ0v) is 14.1. The largest absolute Gasteiger partial charge is 0.366 e. The molecule has 0 aromatic carbocycles. The average Bonchev–Trinajstić information content (AvgIpc) is 3.22. The summed E-state index contributed by atoms with van der Waals surface area (Å²) in [5.41, 5.74) is 8.45. The summed E-state index contributed by atoms with van der Waals surface area (Å²) >= 11 is 3.11. The number of carbonyl (C=O) groups excluding carboxylic acids is 1. The van der Waals surface area contributed by atoms with E-state index < -0.39 is 5.91 Å². The van der Waals surface area contributed by atoms with E-state index in [0.717, 1.165) is 22.1 Å². The summed E-state index contributed by atoms with van der Waals surface area (Å²) in [5, 5.41) is 13.5. The molecule has 7 heteroatoms. The van der Waals surface area contributed by atoms with E-state index in [0.29, 0.717) is 12.1 Å². The van der Waals surface area contributed by atoms with Gasteiger partial charge in [-0.3, -0.25) is 4.79 Å². The van der Waals surface area contributed by atoms with Crippen molar-refractivity contribution in [2.75, 3.05) is 0 Å². The first kappa shape index (κ1) is 15.5. The van der Waals surface area contributed by atoms with E-state index >= 15 is 0 Å². The Morgan fingerprint density at radius 1 is 1.48 bits per heavy atom. The second-order valence-electron chi connectivity index (χ2n) is 5.02. The van der Waals surface area contributed by atoms with Crippen LogP contribution in [0, 0.1) is 18.3 Å². The number of nitrogens with two attached hydrogens (primary N) is 1. The molecule has 116 valence electrons. The molecule has 5 nitrogen and oxygen atoms in total. The van der Waals surface area contributed by atoms with Crippen LogP contribution < -0.4 is 5.73 Å². The lowest BCUT2D eigenvalue weighted by molar-refractivity contribution is 0.0999. The fourth-order valence-corrected chi connectivity index (χ4v) is 3.86. The lowest BCUT2D eigenvalue weighted by atomic mass is 10.2. The SMILES string of the molecule is Cc1c(C(N)=O)cc(-c2csc(CC#N)n2)n1Cc1cccs1. The molecule has 3 aromatic heterocycles. The van der Waals surface area contributed by atoms with E-state index in [2.05, 4.69) is 21.7 Å². The molecule has 23 heavy (non-hydrogen) atoms. The Labute approximate surface area is 141 Å². The fraction of sp³-hybridized carbons (Fsp3) is 0.188. The molecule has 3 heterocycles. The molecule has 0 atom stereocenters. The van der Waals surface area contributed by atoms with Gasteiger partial charge in [-0.05, 0) is 24.4 Å². The quantitative estimate of drug-likeness (QED) is 0.772. The summed E-state index contributed by atoms with van der Waals surface area (Å²) in [4.78, 5) is 17.4. The molecule has 0 unspecified atom stereocenters. The lowest BCUT2D eigenvalue weighted by Crippen LogP contribution is -2.12. The van der Waals surface area contributed by atoms with Crippen LogP contribution >= 0.6 is 22.7 Å². The molecule has 0 bridgehead atoms. The van der Waals surface area contributed by atoms with E-state index in [9.17, 15) is 4.79 Å². The molecule has 1 amide bonds.